The van der Waals surface area contributed by atoms with Crippen LogP contribution in [0.25, 0.3) is 0 Å². The zero-order chi connectivity index (χ0) is 21.9. The number of nitrogens with zero attached hydrogens (tertiary/aromatic N) is 2. The minimum atomic E-state index is 0.583. The Morgan fingerprint density at radius 3 is 2.13 bits per heavy atom. The van der Waals surface area contributed by atoms with Gasteiger partial charge in [0.25, 0.3) is 0 Å². The van der Waals surface area contributed by atoms with Crippen molar-refractivity contribution in [3.8, 4) is 23.3 Å². The van der Waals surface area contributed by atoms with E-state index in [0.29, 0.717) is 29.2 Å². The Kier molecular flexibility index (Phi) is 9.30. The van der Waals surface area contributed by atoms with Crippen LogP contribution in [0.2, 0.25) is 0 Å². The van der Waals surface area contributed by atoms with Crippen molar-refractivity contribution in [1.82, 2.24) is 4.90 Å². The third-order valence-corrected chi connectivity index (χ3v) is 5.20. The summed E-state index contributed by atoms with van der Waals surface area (Å²) in [6.45, 7) is 8.36. The molecule has 0 saturated carbocycles. The highest BCUT2D eigenvalue weighted by Gasteiger charge is 2.14. The fourth-order valence-electron chi connectivity index (χ4n) is 3.48. The largest absolute Gasteiger partial charge is 0.493 e. The first-order chi connectivity index (χ1) is 14.6. The van der Waals surface area contributed by atoms with Crippen LogP contribution in [-0.4, -0.2) is 52.4 Å². The molecule has 0 fully saturated rings. The lowest BCUT2D eigenvalue weighted by atomic mass is 10.0. The van der Waals surface area contributed by atoms with Crippen LogP contribution < -0.4 is 19.5 Å². The highest BCUT2D eigenvalue weighted by Crippen LogP contribution is 2.38. The number of rotatable bonds is 12. The second kappa shape index (κ2) is 11.9. The molecule has 2 aromatic rings. The maximum atomic E-state index is 9.47. The van der Waals surface area contributed by atoms with Crippen LogP contribution in [0.15, 0.2) is 30.3 Å². The Balaban J connectivity index is 2.15. The Labute approximate surface area is 180 Å². The van der Waals surface area contributed by atoms with Crippen molar-refractivity contribution in [1.29, 1.82) is 5.26 Å². The second-order valence-corrected chi connectivity index (χ2v) is 7.01. The van der Waals surface area contributed by atoms with Gasteiger partial charge < -0.3 is 24.4 Å². The molecule has 0 spiro atoms. The number of methoxy groups -OCH3 is 3. The first kappa shape index (κ1) is 23.4. The molecular formula is C24H33N3O3. The van der Waals surface area contributed by atoms with E-state index in [4.69, 9.17) is 14.2 Å². The first-order valence-corrected chi connectivity index (χ1v) is 10.4. The van der Waals surface area contributed by atoms with Crippen molar-refractivity contribution < 1.29 is 14.2 Å². The summed E-state index contributed by atoms with van der Waals surface area (Å²) in [5.74, 6) is 1.85. The van der Waals surface area contributed by atoms with Gasteiger partial charge in [0, 0.05) is 6.54 Å². The van der Waals surface area contributed by atoms with E-state index in [2.05, 4.69) is 36.2 Å². The minimum Gasteiger partial charge on any atom is -0.493 e. The van der Waals surface area contributed by atoms with Gasteiger partial charge in [-0.15, -0.1) is 0 Å². The SMILES string of the molecule is CCN(CC)CCCNc1cc(Cc2cc(OC)c(OC)c(OC)c2)ccc1C#N. The minimum absolute atomic E-state index is 0.583. The highest BCUT2D eigenvalue weighted by molar-refractivity contribution is 5.60. The number of anilines is 1. The predicted octanol–water partition coefficient (Wildman–Crippen LogP) is 4.32. The Morgan fingerprint density at radius 1 is 0.933 bits per heavy atom. The van der Waals surface area contributed by atoms with E-state index in [-0.39, 0.29) is 0 Å². The Hall–Kier alpha value is -2.91. The maximum absolute atomic E-state index is 9.47. The molecular weight excluding hydrogens is 378 g/mol. The van der Waals surface area contributed by atoms with E-state index in [1.54, 1.807) is 21.3 Å². The summed E-state index contributed by atoms with van der Waals surface area (Å²) < 4.78 is 16.3. The molecule has 0 atom stereocenters. The quantitative estimate of drug-likeness (QED) is 0.525. The van der Waals surface area contributed by atoms with Gasteiger partial charge in [0.15, 0.2) is 11.5 Å². The third-order valence-electron chi connectivity index (χ3n) is 5.20. The van der Waals surface area contributed by atoms with Gasteiger partial charge in [0.05, 0.1) is 32.6 Å². The summed E-state index contributed by atoms with van der Waals surface area (Å²) in [5, 5.41) is 12.9. The van der Waals surface area contributed by atoms with Crippen LogP contribution in [0.4, 0.5) is 5.69 Å². The summed E-state index contributed by atoms with van der Waals surface area (Å²) >= 11 is 0. The van der Waals surface area contributed by atoms with E-state index >= 15 is 0 Å². The molecule has 0 aliphatic rings. The van der Waals surface area contributed by atoms with Crippen LogP contribution >= 0.6 is 0 Å². The molecule has 0 bridgehead atoms. The molecule has 0 aliphatic heterocycles. The molecule has 2 rings (SSSR count). The molecule has 0 heterocycles. The summed E-state index contributed by atoms with van der Waals surface area (Å²) in [6.07, 6.45) is 1.72. The number of ether oxygens (including phenoxy) is 3. The second-order valence-electron chi connectivity index (χ2n) is 7.01. The highest BCUT2D eigenvalue weighted by atomic mass is 16.5. The smallest absolute Gasteiger partial charge is 0.203 e. The lowest BCUT2D eigenvalue weighted by Gasteiger charge is -2.18. The summed E-state index contributed by atoms with van der Waals surface area (Å²) in [4.78, 5) is 2.40. The maximum Gasteiger partial charge on any atom is 0.203 e. The van der Waals surface area contributed by atoms with Crippen LogP contribution in [0.5, 0.6) is 17.2 Å². The van der Waals surface area contributed by atoms with Gasteiger partial charge in [-0.2, -0.15) is 5.26 Å². The van der Waals surface area contributed by atoms with E-state index in [1.807, 2.05) is 24.3 Å². The van der Waals surface area contributed by atoms with Crippen LogP contribution in [-0.2, 0) is 6.42 Å². The number of nitrogens with one attached hydrogen (secondary N) is 1. The zero-order valence-electron chi connectivity index (χ0n) is 18.7. The molecule has 2 aromatic carbocycles. The van der Waals surface area contributed by atoms with E-state index in [1.165, 1.54) is 0 Å². The van der Waals surface area contributed by atoms with Gasteiger partial charge >= 0.3 is 0 Å². The van der Waals surface area contributed by atoms with Crippen molar-refractivity contribution >= 4 is 5.69 Å². The predicted molar refractivity (Wildman–Crippen MR) is 121 cm³/mol. The van der Waals surface area contributed by atoms with Gasteiger partial charge in [-0.3, -0.25) is 0 Å². The summed E-state index contributed by atoms with van der Waals surface area (Å²) in [5.41, 5.74) is 3.68. The molecule has 0 saturated heterocycles. The van der Waals surface area contributed by atoms with E-state index in [9.17, 15) is 5.26 Å². The van der Waals surface area contributed by atoms with Gasteiger partial charge in [-0.1, -0.05) is 19.9 Å². The molecule has 1 N–H and O–H groups in total. The van der Waals surface area contributed by atoms with Gasteiger partial charge in [0.1, 0.15) is 6.07 Å². The normalized spacial score (nSPS) is 10.6. The molecule has 0 aromatic heterocycles. The van der Waals surface area contributed by atoms with Crippen LogP contribution in [0.3, 0.4) is 0 Å². The molecule has 162 valence electrons. The number of nitriles is 1. The molecule has 0 unspecified atom stereocenters. The number of hydrogen-bond acceptors (Lipinski definition) is 6. The summed E-state index contributed by atoms with van der Waals surface area (Å²) in [7, 11) is 4.82. The molecule has 0 aliphatic carbocycles. The van der Waals surface area contributed by atoms with Crippen molar-refractivity contribution in [3.05, 3.63) is 47.0 Å². The Morgan fingerprint density at radius 2 is 1.60 bits per heavy atom. The Bertz CT molecular complexity index is 832. The van der Waals surface area contributed by atoms with Crippen molar-refractivity contribution in [2.24, 2.45) is 0 Å². The van der Waals surface area contributed by atoms with Crippen molar-refractivity contribution in [3.63, 3.8) is 0 Å². The van der Waals surface area contributed by atoms with Gasteiger partial charge in [0.2, 0.25) is 5.75 Å². The standard InChI is InChI=1S/C24H33N3O3/c1-6-27(7-2)12-8-11-26-21-14-18(9-10-20(21)17-25)13-19-15-22(28-3)24(30-5)23(16-19)29-4/h9-10,14-16,26H,6-8,11-13H2,1-5H3. The summed E-state index contributed by atoms with van der Waals surface area (Å²) in [6, 6.07) is 12.1. The topological polar surface area (TPSA) is 66.8 Å². The molecule has 0 amide bonds. The van der Waals surface area contributed by atoms with Crippen LogP contribution in [0.1, 0.15) is 37.0 Å². The van der Waals surface area contributed by atoms with Crippen molar-refractivity contribution in [2.45, 2.75) is 26.7 Å². The molecule has 6 nitrogen and oxygen atoms in total. The third kappa shape index (κ3) is 6.04. The van der Waals surface area contributed by atoms with Gasteiger partial charge in [-0.05, 0) is 67.9 Å². The average molecular weight is 412 g/mol. The zero-order valence-corrected chi connectivity index (χ0v) is 18.7. The molecule has 30 heavy (non-hydrogen) atoms. The fraction of sp³-hybridized carbons (Fsp3) is 0.458. The number of hydrogen-bond donors (Lipinski definition) is 1. The van der Waals surface area contributed by atoms with E-state index < -0.39 is 0 Å². The molecule has 0 radical (unpaired) electrons. The monoisotopic (exact) mass is 411 g/mol. The first-order valence-electron chi connectivity index (χ1n) is 10.4. The van der Waals surface area contributed by atoms with Crippen LogP contribution in [0, 0.1) is 11.3 Å². The average Bonchev–Trinajstić information content (AvgIpc) is 2.78. The van der Waals surface area contributed by atoms with Gasteiger partial charge in [-0.25, -0.2) is 0 Å². The van der Waals surface area contributed by atoms with E-state index in [0.717, 1.165) is 49.4 Å². The molecule has 6 heteroatoms. The lowest BCUT2D eigenvalue weighted by Crippen LogP contribution is -2.25. The van der Waals surface area contributed by atoms with Crippen molar-refractivity contribution in [2.75, 3.05) is 52.8 Å². The lowest BCUT2D eigenvalue weighted by molar-refractivity contribution is 0.303. The number of benzene rings is 2. The fourth-order valence-corrected chi connectivity index (χ4v) is 3.48.